The maximum absolute atomic E-state index is 10.2. The van der Waals surface area contributed by atoms with E-state index in [9.17, 15) is 44.1 Å². The molecule has 0 rings (SSSR count). The van der Waals surface area contributed by atoms with Crippen LogP contribution in [0.1, 0.15) is 73.1 Å². The largest absolute Gasteiger partial charge is 0.550 e. The zero-order valence-electron chi connectivity index (χ0n) is 17.4. The molecule has 0 unspecified atom stereocenters. The summed E-state index contributed by atoms with van der Waals surface area (Å²) >= 11 is 1.16. The van der Waals surface area contributed by atoms with Gasteiger partial charge in [-0.25, -0.2) is 0 Å². The Bertz CT molecular complexity index is 448. The second-order valence-electron chi connectivity index (χ2n) is 5.49. The number of hydrogen-bond acceptors (Lipinski definition) is 10. The summed E-state index contributed by atoms with van der Waals surface area (Å²) in [5.41, 5.74) is 0. The van der Waals surface area contributed by atoms with Crippen molar-refractivity contribution in [2.24, 2.45) is 0 Å². The number of carbonyl (C=O) groups is 6. The third-order valence-electron chi connectivity index (χ3n) is 2.44. The van der Waals surface area contributed by atoms with E-state index in [-0.39, 0.29) is 36.6 Å². The normalized spacial score (nSPS) is 8.83. The van der Waals surface area contributed by atoms with Gasteiger partial charge in [-0.15, -0.1) is 0 Å². The summed E-state index contributed by atoms with van der Waals surface area (Å²) in [4.78, 5) is 59.5. The summed E-state index contributed by atoms with van der Waals surface area (Å²) in [5, 5.41) is 28.9. The Morgan fingerprint density at radius 1 is 0.655 bits per heavy atom. The molecule has 29 heavy (non-hydrogen) atoms. The molecule has 0 bridgehead atoms. The van der Waals surface area contributed by atoms with Crippen LogP contribution in [0.3, 0.4) is 0 Å². The van der Waals surface area contributed by atoms with Crippen molar-refractivity contribution in [2.45, 2.75) is 79.2 Å². The van der Waals surface area contributed by atoms with E-state index in [0.29, 0.717) is 6.10 Å². The number of carboxylic acid groups (broad SMARTS) is 3. The Morgan fingerprint density at radius 3 is 0.862 bits per heavy atom. The van der Waals surface area contributed by atoms with Crippen molar-refractivity contribution >= 4 is 35.3 Å². The second kappa shape index (κ2) is 24.3. The first-order valence-electron chi connectivity index (χ1n) is 8.73. The van der Waals surface area contributed by atoms with Crippen LogP contribution in [-0.4, -0.2) is 41.4 Å². The molecule has 0 fully saturated rings. The maximum atomic E-state index is 10.2. The minimum absolute atomic E-state index is 0.272. The van der Waals surface area contributed by atoms with Gasteiger partial charge in [0, 0.05) is 56.4 Å². The van der Waals surface area contributed by atoms with Gasteiger partial charge in [-0.3, -0.25) is 14.4 Å². The Hall–Kier alpha value is -1.74. The molecule has 0 N–H and O–H groups in total. The monoisotopic (exact) mass is 494 g/mol. The molecule has 0 heterocycles. The summed E-state index contributed by atoms with van der Waals surface area (Å²) < 4.78 is 4.84. The van der Waals surface area contributed by atoms with E-state index >= 15 is 0 Å². The van der Waals surface area contributed by atoms with Crippen LogP contribution in [0.4, 0.5) is 0 Å². The summed E-state index contributed by atoms with van der Waals surface area (Å²) in [6.07, 6.45) is -0.104. The number of carboxylic acids is 3. The van der Waals surface area contributed by atoms with Crippen molar-refractivity contribution in [3.05, 3.63) is 0 Å². The molecule has 164 valence electrons. The van der Waals surface area contributed by atoms with E-state index in [1.807, 2.05) is 13.8 Å². The molecule has 0 saturated carbocycles. The predicted molar refractivity (Wildman–Crippen MR) is 91.0 cm³/mol. The van der Waals surface area contributed by atoms with Crippen LogP contribution in [0, 0.1) is 0 Å². The number of ketones is 3. The van der Waals surface area contributed by atoms with Gasteiger partial charge in [-0.05, 0) is 0 Å². The first kappa shape index (κ1) is 34.7. The summed E-state index contributed by atoms with van der Waals surface area (Å²) in [5.74, 6) is -4.74. The second-order valence-corrected chi connectivity index (χ2v) is 6.07. The van der Waals surface area contributed by atoms with E-state index < -0.39 is 37.2 Å². The molecule has 0 spiro atoms. The molecule has 0 aromatic heterocycles. The van der Waals surface area contributed by atoms with Crippen LogP contribution in [0.2, 0.25) is 0 Å². The zero-order chi connectivity index (χ0) is 24.0. The van der Waals surface area contributed by atoms with Crippen LogP contribution in [-0.2, 0) is 56.7 Å². The molecular formula is C18H28O10Zr. The maximum Gasteiger partial charge on any atom is 0.138 e. The molecule has 0 saturated heterocycles. The third-order valence-corrected chi connectivity index (χ3v) is 3.60. The number of Topliss-reactive ketones (excluding diaryl/α,β-unsaturated/α-hetero) is 3. The van der Waals surface area contributed by atoms with Crippen molar-refractivity contribution < 1.29 is 72.1 Å². The first-order valence-corrected chi connectivity index (χ1v) is 9.74. The molecule has 0 radical (unpaired) electrons. The quantitative estimate of drug-likeness (QED) is 0.313. The zero-order valence-corrected chi connectivity index (χ0v) is 19.9. The van der Waals surface area contributed by atoms with Crippen molar-refractivity contribution in [3.63, 3.8) is 0 Å². The van der Waals surface area contributed by atoms with Crippen molar-refractivity contribution in [1.82, 2.24) is 0 Å². The fourth-order valence-corrected chi connectivity index (χ4v) is 0.858. The topological polar surface area (TPSA) is 181 Å². The summed E-state index contributed by atoms with van der Waals surface area (Å²) in [7, 11) is 0. The molecule has 0 amide bonds. The van der Waals surface area contributed by atoms with Gasteiger partial charge < -0.3 is 29.7 Å². The predicted octanol–water partition coefficient (Wildman–Crippen LogP) is -1.81. The van der Waals surface area contributed by atoms with Crippen LogP contribution in [0.5, 0.6) is 0 Å². The van der Waals surface area contributed by atoms with Gasteiger partial charge in [0.2, 0.25) is 0 Å². The molecule has 0 aromatic rings. The summed E-state index contributed by atoms with van der Waals surface area (Å²) in [6.45, 7) is 8.89. The van der Waals surface area contributed by atoms with Crippen LogP contribution < -0.4 is 15.3 Å². The smallest absolute Gasteiger partial charge is 0.138 e. The van der Waals surface area contributed by atoms with E-state index in [4.69, 9.17) is 2.81 Å². The molecule has 10 nitrogen and oxygen atoms in total. The number of hydrogen-bond donors (Lipinski definition) is 0. The molecule has 0 atom stereocenters. The molecule has 11 heteroatoms. The van der Waals surface area contributed by atoms with Crippen molar-refractivity contribution in [2.75, 3.05) is 0 Å². The SMILES string of the molecule is CC(C)[O][Zr+3].CCC(=O)CC(=O)[O-].CCC(=O)CC(=O)[O-].CCC(=O)CC(=O)[O-]. The van der Waals surface area contributed by atoms with Gasteiger partial charge >= 0.3 is 47.9 Å². The van der Waals surface area contributed by atoms with E-state index in [0.717, 1.165) is 25.2 Å². The van der Waals surface area contributed by atoms with E-state index in [1.54, 1.807) is 20.8 Å². The number of carbonyl (C=O) groups excluding carboxylic acids is 6. The van der Waals surface area contributed by atoms with Crippen molar-refractivity contribution in [1.29, 1.82) is 0 Å². The van der Waals surface area contributed by atoms with Gasteiger partial charge in [0.15, 0.2) is 0 Å². The molecule has 0 aliphatic rings. The van der Waals surface area contributed by atoms with Crippen LogP contribution in [0.25, 0.3) is 0 Å². The van der Waals surface area contributed by atoms with Crippen LogP contribution in [0.15, 0.2) is 0 Å². The number of aliphatic carboxylic acids is 3. The number of rotatable bonds is 10. The van der Waals surface area contributed by atoms with Crippen LogP contribution >= 0.6 is 0 Å². The third kappa shape index (κ3) is 46.4. The Kier molecular flexibility index (Phi) is 29.1. The molecule has 0 aliphatic carbocycles. The minimum atomic E-state index is -1.29. The van der Waals surface area contributed by atoms with Gasteiger partial charge in [0.05, 0.1) is 0 Å². The molecule has 0 aliphatic heterocycles. The van der Waals surface area contributed by atoms with Gasteiger partial charge in [0.25, 0.3) is 0 Å². The Labute approximate surface area is 186 Å². The van der Waals surface area contributed by atoms with Crippen molar-refractivity contribution in [3.8, 4) is 0 Å². The fourth-order valence-electron chi connectivity index (χ4n) is 0.858. The van der Waals surface area contributed by atoms with Gasteiger partial charge in [-0.2, -0.15) is 0 Å². The Balaban J connectivity index is -0.000000146. The van der Waals surface area contributed by atoms with E-state index in [2.05, 4.69) is 0 Å². The fraction of sp³-hybridized carbons (Fsp3) is 0.667. The molecular weight excluding hydrogens is 467 g/mol. The summed E-state index contributed by atoms with van der Waals surface area (Å²) in [6, 6.07) is 0. The average molecular weight is 496 g/mol. The average Bonchev–Trinajstić information content (AvgIpc) is 2.61. The first-order chi connectivity index (χ1) is 13.3. The van der Waals surface area contributed by atoms with Gasteiger partial charge in [-0.1, -0.05) is 20.8 Å². The minimum Gasteiger partial charge on any atom is -0.550 e. The van der Waals surface area contributed by atoms with E-state index in [1.165, 1.54) is 0 Å². The Morgan fingerprint density at radius 2 is 0.828 bits per heavy atom. The van der Waals surface area contributed by atoms with Gasteiger partial charge in [0.1, 0.15) is 17.3 Å². The molecule has 0 aromatic carbocycles. The standard InChI is InChI=1S/3C5H8O3.C3H7O.Zr/c3*1-2-4(6)3-5(7)8;1-3(2)4;/h3*2-3H2,1H3,(H,7,8);3H,1-2H3;/q;;;-1;+4/p-3.